The highest BCUT2D eigenvalue weighted by molar-refractivity contribution is 5.87. The molecule has 0 aliphatic carbocycles. The van der Waals surface area contributed by atoms with Gasteiger partial charge in [0, 0.05) is 5.57 Å². The highest BCUT2D eigenvalue weighted by atomic mass is 16.4. The van der Waals surface area contributed by atoms with Gasteiger partial charge in [0.15, 0.2) is 0 Å². The average Bonchev–Trinajstić information content (AvgIpc) is 2.45. The molecule has 104 valence electrons. The van der Waals surface area contributed by atoms with Crippen molar-refractivity contribution in [3.8, 4) is 0 Å². The number of carboxylic acid groups (broad SMARTS) is 1. The third kappa shape index (κ3) is 5.53. The average molecular weight is 268 g/mol. The summed E-state index contributed by atoms with van der Waals surface area (Å²) in [4.78, 5) is 11.2. The molecule has 0 aliphatic heterocycles. The van der Waals surface area contributed by atoms with Crippen LogP contribution in [0.15, 0.2) is 72.4 Å². The Balaban J connectivity index is 2.98. The SMILES string of the molecule is C=CC=C(C=Cc1ccccc1)C=C(CCC)C(=O)O. The van der Waals surface area contributed by atoms with Gasteiger partial charge in [0.2, 0.25) is 0 Å². The summed E-state index contributed by atoms with van der Waals surface area (Å²) in [5.41, 5.74) is 2.32. The Morgan fingerprint density at radius 1 is 1.30 bits per heavy atom. The second kappa shape index (κ2) is 8.70. The molecule has 0 saturated carbocycles. The van der Waals surface area contributed by atoms with E-state index < -0.39 is 5.97 Å². The van der Waals surface area contributed by atoms with E-state index in [1.807, 2.05) is 49.4 Å². The van der Waals surface area contributed by atoms with E-state index in [9.17, 15) is 4.79 Å². The maximum Gasteiger partial charge on any atom is 0.331 e. The van der Waals surface area contributed by atoms with Gasteiger partial charge < -0.3 is 5.11 Å². The van der Waals surface area contributed by atoms with Crippen LogP contribution in [0.4, 0.5) is 0 Å². The molecule has 0 unspecified atom stereocenters. The zero-order valence-electron chi connectivity index (χ0n) is 11.8. The van der Waals surface area contributed by atoms with Crippen LogP contribution < -0.4 is 0 Å². The molecule has 1 aromatic rings. The van der Waals surface area contributed by atoms with Crippen molar-refractivity contribution in [2.45, 2.75) is 19.8 Å². The number of allylic oxidation sites excluding steroid dienone is 5. The molecule has 0 radical (unpaired) electrons. The third-order valence-electron chi connectivity index (χ3n) is 2.71. The van der Waals surface area contributed by atoms with Crippen LogP contribution in [0.25, 0.3) is 6.08 Å². The molecule has 1 rings (SSSR count). The second-order valence-corrected chi connectivity index (χ2v) is 4.37. The first-order valence-corrected chi connectivity index (χ1v) is 6.67. The van der Waals surface area contributed by atoms with Crippen LogP contribution in [0.2, 0.25) is 0 Å². The van der Waals surface area contributed by atoms with E-state index in [0.717, 1.165) is 17.6 Å². The van der Waals surface area contributed by atoms with Crippen LogP contribution in [0.1, 0.15) is 25.3 Å². The normalized spacial score (nSPS) is 12.7. The van der Waals surface area contributed by atoms with E-state index in [-0.39, 0.29) is 0 Å². The van der Waals surface area contributed by atoms with Crippen molar-refractivity contribution in [3.63, 3.8) is 0 Å². The number of aliphatic carboxylic acids is 1. The van der Waals surface area contributed by atoms with Crippen LogP contribution in [0, 0.1) is 0 Å². The minimum Gasteiger partial charge on any atom is -0.478 e. The van der Waals surface area contributed by atoms with E-state index in [0.29, 0.717) is 12.0 Å². The lowest BCUT2D eigenvalue weighted by Crippen LogP contribution is -2.00. The zero-order chi connectivity index (χ0) is 14.8. The first kappa shape index (κ1) is 15.7. The number of benzene rings is 1. The van der Waals surface area contributed by atoms with Gasteiger partial charge in [-0.05, 0) is 23.6 Å². The maximum absolute atomic E-state index is 11.2. The summed E-state index contributed by atoms with van der Waals surface area (Å²) in [5.74, 6) is -0.866. The van der Waals surface area contributed by atoms with Crippen LogP contribution in [-0.2, 0) is 4.79 Å². The molecule has 0 heterocycles. The highest BCUT2D eigenvalue weighted by Crippen LogP contribution is 2.13. The van der Waals surface area contributed by atoms with Crippen molar-refractivity contribution in [3.05, 3.63) is 77.9 Å². The molecular formula is C18H20O2. The molecule has 1 N–H and O–H groups in total. The third-order valence-corrected chi connectivity index (χ3v) is 2.71. The molecule has 2 nitrogen and oxygen atoms in total. The van der Waals surface area contributed by atoms with Gasteiger partial charge in [0.25, 0.3) is 0 Å². The number of hydrogen-bond donors (Lipinski definition) is 1. The first-order valence-electron chi connectivity index (χ1n) is 6.67. The van der Waals surface area contributed by atoms with Crippen LogP contribution in [-0.4, -0.2) is 11.1 Å². The van der Waals surface area contributed by atoms with Gasteiger partial charge in [-0.1, -0.05) is 74.6 Å². The topological polar surface area (TPSA) is 37.3 Å². The fourth-order valence-corrected chi connectivity index (χ4v) is 1.76. The van der Waals surface area contributed by atoms with Crippen LogP contribution in [0.3, 0.4) is 0 Å². The highest BCUT2D eigenvalue weighted by Gasteiger charge is 2.05. The monoisotopic (exact) mass is 268 g/mol. The van der Waals surface area contributed by atoms with Gasteiger partial charge in [-0.15, -0.1) is 0 Å². The predicted molar refractivity (Wildman–Crippen MR) is 84.4 cm³/mol. The lowest BCUT2D eigenvalue weighted by atomic mass is 10.1. The molecule has 0 amide bonds. The largest absolute Gasteiger partial charge is 0.478 e. The molecule has 1 aromatic carbocycles. The van der Waals surface area contributed by atoms with E-state index in [1.54, 1.807) is 18.2 Å². The number of rotatable bonds is 7. The Labute approximate surface area is 120 Å². The quantitative estimate of drug-likeness (QED) is 0.578. The molecule has 0 aliphatic rings. The summed E-state index contributed by atoms with van der Waals surface area (Å²) < 4.78 is 0. The Kier molecular flexibility index (Phi) is 6.83. The molecular weight excluding hydrogens is 248 g/mol. The fraction of sp³-hybridized carbons (Fsp3) is 0.167. The Morgan fingerprint density at radius 2 is 2.00 bits per heavy atom. The standard InChI is InChI=1S/C18H20O2/c1-3-8-16(14-17(9-4-2)18(19)20)13-12-15-10-6-5-7-11-15/h3,5-8,10-14H,1,4,9H2,2H3,(H,19,20). The minimum absolute atomic E-state index is 0.415. The van der Waals surface area contributed by atoms with E-state index in [4.69, 9.17) is 5.11 Å². The summed E-state index contributed by atoms with van der Waals surface area (Å²) in [7, 11) is 0. The first-order chi connectivity index (χ1) is 9.67. The number of hydrogen-bond acceptors (Lipinski definition) is 1. The fourth-order valence-electron chi connectivity index (χ4n) is 1.76. The van der Waals surface area contributed by atoms with Crippen molar-refractivity contribution in [2.24, 2.45) is 0 Å². The maximum atomic E-state index is 11.2. The molecule has 0 saturated heterocycles. The van der Waals surface area contributed by atoms with Gasteiger partial charge in [-0.25, -0.2) is 4.79 Å². The Hall–Kier alpha value is -2.35. The van der Waals surface area contributed by atoms with Crippen molar-refractivity contribution >= 4 is 12.0 Å². The van der Waals surface area contributed by atoms with Gasteiger partial charge >= 0.3 is 5.97 Å². The summed E-state index contributed by atoms with van der Waals surface area (Å²) in [6.07, 6.45) is 10.4. The number of carboxylic acids is 1. The molecule has 20 heavy (non-hydrogen) atoms. The second-order valence-electron chi connectivity index (χ2n) is 4.37. The van der Waals surface area contributed by atoms with Gasteiger partial charge in [-0.3, -0.25) is 0 Å². The summed E-state index contributed by atoms with van der Waals surface area (Å²) in [6, 6.07) is 9.88. The molecule has 2 heteroatoms. The Morgan fingerprint density at radius 3 is 2.55 bits per heavy atom. The van der Waals surface area contributed by atoms with E-state index >= 15 is 0 Å². The van der Waals surface area contributed by atoms with Crippen LogP contribution >= 0.6 is 0 Å². The van der Waals surface area contributed by atoms with E-state index in [2.05, 4.69) is 6.58 Å². The van der Waals surface area contributed by atoms with Crippen molar-refractivity contribution in [1.29, 1.82) is 0 Å². The van der Waals surface area contributed by atoms with Gasteiger partial charge in [0.05, 0.1) is 0 Å². The minimum atomic E-state index is -0.866. The lowest BCUT2D eigenvalue weighted by molar-refractivity contribution is -0.132. The summed E-state index contributed by atoms with van der Waals surface area (Å²) in [5, 5.41) is 9.16. The predicted octanol–water partition coefficient (Wildman–Crippen LogP) is 4.62. The summed E-state index contributed by atoms with van der Waals surface area (Å²) in [6.45, 7) is 5.63. The molecule has 0 atom stereocenters. The van der Waals surface area contributed by atoms with Gasteiger partial charge in [0.1, 0.15) is 0 Å². The lowest BCUT2D eigenvalue weighted by Gasteiger charge is -2.01. The van der Waals surface area contributed by atoms with Crippen molar-refractivity contribution < 1.29 is 9.90 Å². The zero-order valence-corrected chi connectivity index (χ0v) is 11.8. The molecule has 0 spiro atoms. The van der Waals surface area contributed by atoms with Crippen molar-refractivity contribution in [2.75, 3.05) is 0 Å². The molecule has 0 aromatic heterocycles. The van der Waals surface area contributed by atoms with E-state index in [1.165, 1.54) is 0 Å². The smallest absolute Gasteiger partial charge is 0.331 e. The molecule has 0 fully saturated rings. The molecule has 0 bridgehead atoms. The van der Waals surface area contributed by atoms with Crippen LogP contribution in [0.5, 0.6) is 0 Å². The van der Waals surface area contributed by atoms with Gasteiger partial charge in [-0.2, -0.15) is 0 Å². The summed E-state index contributed by atoms with van der Waals surface area (Å²) >= 11 is 0. The Bertz CT molecular complexity index is 534. The van der Waals surface area contributed by atoms with Crippen molar-refractivity contribution in [1.82, 2.24) is 0 Å². The number of carbonyl (C=O) groups is 1.